The Bertz CT molecular complexity index is 657. The van der Waals surface area contributed by atoms with Gasteiger partial charge in [0.05, 0.1) is 24.4 Å². The number of benzene rings is 1. The fourth-order valence-electron chi connectivity index (χ4n) is 2.19. The third-order valence-electron chi connectivity index (χ3n) is 3.50. The van der Waals surface area contributed by atoms with Crippen LogP contribution in [0.1, 0.15) is 41.2 Å². The maximum absolute atomic E-state index is 12.1. The number of aliphatic hydroxyl groups is 1. The van der Waals surface area contributed by atoms with Crippen molar-refractivity contribution < 1.29 is 9.90 Å². The van der Waals surface area contributed by atoms with Crippen LogP contribution in [0.4, 0.5) is 0 Å². The number of amides is 1. The minimum Gasteiger partial charge on any atom is -0.394 e. The Morgan fingerprint density at radius 1 is 1.27 bits per heavy atom. The summed E-state index contributed by atoms with van der Waals surface area (Å²) in [4.78, 5) is 12.1. The van der Waals surface area contributed by atoms with Crippen LogP contribution in [0.5, 0.6) is 0 Å². The summed E-state index contributed by atoms with van der Waals surface area (Å²) in [6.45, 7) is 8.14. The van der Waals surface area contributed by atoms with Gasteiger partial charge in [0.2, 0.25) is 0 Å². The summed E-state index contributed by atoms with van der Waals surface area (Å²) in [6, 6.07) is 9.49. The molecule has 2 rings (SSSR count). The lowest BCUT2D eigenvalue weighted by atomic mass is 10.1. The summed E-state index contributed by atoms with van der Waals surface area (Å²) in [6.07, 6.45) is 0. The number of nitrogens with zero attached hydrogens (tertiary/aromatic N) is 2. The molecule has 5 nitrogen and oxygen atoms in total. The first kappa shape index (κ1) is 16.2. The highest BCUT2D eigenvalue weighted by molar-refractivity contribution is 5.94. The normalized spacial score (nSPS) is 11.5. The smallest absolute Gasteiger partial charge is 0.251 e. The van der Waals surface area contributed by atoms with Crippen molar-refractivity contribution in [2.45, 2.75) is 39.8 Å². The van der Waals surface area contributed by atoms with E-state index in [9.17, 15) is 9.90 Å². The largest absolute Gasteiger partial charge is 0.394 e. The molecule has 0 radical (unpaired) electrons. The maximum Gasteiger partial charge on any atom is 0.251 e. The molecule has 1 amide bonds. The standard InChI is InChI=1S/C17H23N3O2/c1-12-9-13(2)20(19-12)10-14-5-7-15(8-6-14)16(22)18-17(3,4)11-21/h5-9,21H,10-11H2,1-4H3,(H,18,22). The first-order chi connectivity index (χ1) is 10.3. The summed E-state index contributed by atoms with van der Waals surface area (Å²) >= 11 is 0. The van der Waals surface area contributed by atoms with Gasteiger partial charge in [-0.3, -0.25) is 9.48 Å². The van der Waals surface area contributed by atoms with Crippen molar-refractivity contribution in [3.63, 3.8) is 0 Å². The van der Waals surface area contributed by atoms with Crippen molar-refractivity contribution in [3.8, 4) is 0 Å². The highest BCUT2D eigenvalue weighted by Gasteiger charge is 2.19. The fraction of sp³-hybridized carbons (Fsp3) is 0.412. The van der Waals surface area contributed by atoms with Crippen molar-refractivity contribution in [1.82, 2.24) is 15.1 Å². The van der Waals surface area contributed by atoms with E-state index in [2.05, 4.69) is 10.4 Å². The van der Waals surface area contributed by atoms with E-state index < -0.39 is 5.54 Å². The molecule has 1 aromatic heterocycles. The van der Waals surface area contributed by atoms with Gasteiger partial charge in [-0.25, -0.2) is 0 Å². The number of carbonyl (C=O) groups excluding carboxylic acids is 1. The van der Waals surface area contributed by atoms with E-state index in [0.29, 0.717) is 12.1 Å². The SMILES string of the molecule is Cc1cc(C)n(Cc2ccc(C(=O)NC(C)(C)CO)cc2)n1. The van der Waals surface area contributed by atoms with Crippen LogP contribution >= 0.6 is 0 Å². The third kappa shape index (κ3) is 3.95. The van der Waals surface area contributed by atoms with Crippen LogP contribution in [0.15, 0.2) is 30.3 Å². The summed E-state index contributed by atoms with van der Waals surface area (Å²) in [7, 11) is 0. The molecule has 0 atom stereocenters. The lowest BCUT2D eigenvalue weighted by molar-refractivity contribution is 0.0869. The predicted molar refractivity (Wildman–Crippen MR) is 85.9 cm³/mol. The number of hydrogen-bond donors (Lipinski definition) is 2. The minimum absolute atomic E-state index is 0.102. The number of hydrogen-bond acceptors (Lipinski definition) is 3. The first-order valence-electron chi connectivity index (χ1n) is 7.34. The van der Waals surface area contributed by atoms with E-state index >= 15 is 0 Å². The van der Waals surface area contributed by atoms with Crippen LogP contribution in [0.2, 0.25) is 0 Å². The fourth-order valence-corrected chi connectivity index (χ4v) is 2.19. The second-order valence-electron chi connectivity index (χ2n) is 6.28. The quantitative estimate of drug-likeness (QED) is 0.888. The molecule has 0 saturated carbocycles. The summed E-state index contributed by atoms with van der Waals surface area (Å²) < 4.78 is 1.94. The van der Waals surface area contributed by atoms with Gasteiger partial charge >= 0.3 is 0 Å². The average molecular weight is 301 g/mol. The molecule has 0 saturated heterocycles. The lowest BCUT2D eigenvalue weighted by Crippen LogP contribution is -2.46. The molecule has 1 heterocycles. The Hall–Kier alpha value is -2.14. The van der Waals surface area contributed by atoms with Crippen LogP contribution in [0.25, 0.3) is 0 Å². The first-order valence-corrected chi connectivity index (χ1v) is 7.34. The number of rotatable bonds is 5. The van der Waals surface area contributed by atoms with Crippen LogP contribution in [0, 0.1) is 13.8 Å². The Balaban J connectivity index is 2.07. The molecule has 22 heavy (non-hydrogen) atoms. The molecule has 0 unspecified atom stereocenters. The van der Waals surface area contributed by atoms with E-state index in [1.807, 2.05) is 36.7 Å². The zero-order valence-electron chi connectivity index (χ0n) is 13.6. The molecular weight excluding hydrogens is 278 g/mol. The molecule has 118 valence electrons. The van der Waals surface area contributed by atoms with Gasteiger partial charge in [-0.15, -0.1) is 0 Å². The van der Waals surface area contributed by atoms with Crippen molar-refractivity contribution in [2.75, 3.05) is 6.61 Å². The summed E-state index contributed by atoms with van der Waals surface area (Å²) in [5, 5.41) is 16.4. The molecule has 0 aliphatic rings. The van der Waals surface area contributed by atoms with Gasteiger partial charge in [0.25, 0.3) is 5.91 Å². The van der Waals surface area contributed by atoms with Crippen molar-refractivity contribution in [3.05, 3.63) is 52.8 Å². The van der Waals surface area contributed by atoms with Crippen LogP contribution in [-0.2, 0) is 6.54 Å². The van der Waals surface area contributed by atoms with Crippen molar-refractivity contribution in [1.29, 1.82) is 0 Å². The Labute approximate surface area is 131 Å². The molecule has 2 N–H and O–H groups in total. The summed E-state index contributed by atoms with van der Waals surface area (Å²) in [5.74, 6) is -0.184. The predicted octanol–water partition coefficient (Wildman–Crippen LogP) is 2.05. The number of aliphatic hydroxyl groups excluding tert-OH is 1. The lowest BCUT2D eigenvalue weighted by Gasteiger charge is -2.23. The second kappa shape index (κ2) is 6.32. The highest BCUT2D eigenvalue weighted by atomic mass is 16.3. The van der Waals surface area contributed by atoms with Gasteiger partial charge in [0.15, 0.2) is 0 Å². The molecule has 0 aliphatic heterocycles. The van der Waals surface area contributed by atoms with Gasteiger partial charge in [0.1, 0.15) is 0 Å². The van der Waals surface area contributed by atoms with E-state index in [-0.39, 0.29) is 12.5 Å². The van der Waals surface area contributed by atoms with E-state index in [1.54, 1.807) is 26.0 Å². The van der Waals surface area contributed by atoms with Crippen LogP contribution in [0.3, 0.4) is 0 Å². The topological polar surface area (TPSA) is 67.2 Å². The Kier molecular flexibility index (Phi) is 4.66. The van der Waals surface area contributed by atoms with Crippen LogP contribution < -0.4 is 5.32 Å². The molecule has 0 spiro atoms. The molecule has 5 heteroatoms. The summed E-state index contributed by atoms with van der Waals surface area (Å²) in [5.41, 5.74) is 3.16. The number of aromatic nitrogens is 2. The van der Waals surface area contributed by atoms with E-state index in [0.717, 1.165) is 17.0 Å². The average Bonchev–Trinajstić information content (AvgIpc) is 2.77. The van der Waals surface area contributed by atoms with Crippen molar-refractivity contribution in [2.24, 2.45) is 0 Å². The van der Waals surface area contributed by atoms with Gasteiger partial charge in [-0.2, -0.15) is 5.10 Å². The van der Waals surface area contributed by atoms with Crippen LogP contribution in [-0.4, -0.2) is 32.9 Å². The maximum atomic E-state index is 12.1. The highest BCUT2D eigenvalue weighted by Crippen LogP contribution is 2.10. The van der Waals surface area contributed by atoms with E-state index in [4.69, 9.17) is 0 Å². The van der Waals surface area contributed by atoms with Gasteiger partial charge in [-0.05, 0) is 51.5 Å². The van der Waals surface area contributed by atoms with Gasteiger partial charge < -0.3 is 10.4 Å². The third-order valence-corrected chi connectivity index (χ3v) is 3.50. The molecule has 0 fully saturated rings. The van der Waals surface area contributed by atoms with Gasteiger partial charge in [0, 0.05) is 11.3 Å². The number of aryl methyl sites for hydroxylation is 2. The number of nitrogens with one attached hydrogen (secondary N) is 1. The minimum atomic E-state index is -0.626. The zero-order valence-corrected chi connectivity index (χ0v) is 13.6. The van der Waals surface area contributed by atoms with E-state index in [1.165, 1.54) is 0 Å². The molecule has 0 aliphatic carbocycles. The number of carbonyl (C=O) groups is 1. The zero-order chi connectivity index (χ0) is 16.3. The molecule has 1 aromatic carbocycles. The van der Waals surface area contributed by atoms with Crippen molar-refractivity contribution >= 4 is 5.91 Å². The Morgan fingerprint density at radius 3 is 2.41 bits per heavy atom. The Morgan fingerprint density at radius 2 is 1.91 bits per heavy atom. The molecular formula is C17H23N3O2. The monoisotopic (exact) mass is 301 g/mol. The second-order valence-corrected chi connectivity index (χ2v) is 6.28. The van der Waals surface area contributed by atoms with Gasteiger partial charge in [-0.1, -0.05) is 12.1 Å². The molecule has 2 aromatic rings. The molecule has 0 bridgehead atoms.